The molecule has 0 aliphatic rings. The van der Waals surface area contributed by atoms with E-state index in [0.29, 0.717) is 0 Å². The Morgan fingerprint density at radius 2 is 0.797 bits per heavy atom. The van der Waals surface area contributed by atoms with Crippen LogP contribution in [0.2, 0.25) is 0 Å². The van der Waals surface area contributed by atoms with E-state index in [1.165, 1.54) is 43.8 Å². The number of furan rings is 1. The molecule has 0 aliphatic carbocycles. The predicted octanol–water partition coefficient (Wildman–Crippen LogP) is 17.7. The molecule has 0 aliphatic heterocycles. The average molecular weight is 816 g/mol. The van der Waals surface area contributed by atoms with E-state index < -0.39 is 0 Å². The molecule has 0 saturated heterocycles. The van der Waals surface area contributed by atoms with Crippen LogP contribution in [0.25, 0.3) is 99.1 Å². The van der Waals surface area contributed by atoms with Gasteiger partial charge in [-0.3, -0.25) is 0 Å². The normalized spacial score (nSPS) is 11.4. The number of benzene rings is 11. The third-order valence-electron chi connectivity index (χ3n) is 12.7. The number of hydrogen-bond acceptors (Lipinski definition) is 2. The fraction of sp³-hybridized carbons (Fsp3) is 0. The van der Waals surface area contributed by atoms with E-state index in [-0.39, 0.29) is 0 Å². The molecule has 2 heteroatoms. The molecule has 12 rings (SSSR count). The molecule has 0 atom stereocenters. The highest BCUT2D eigenvalue weighted by Crippen LogP contribution is 2.45. The molecule has 0 amide bonds. The highest BCUT2D eigenvalue weighted by Gasteiger charge is 2.20. The van der Waals surface area contributed by atoms with Gasteiger partial charge in [0.1, 0.15) is 11.2 Å². The van der Waals surface area contributed by atoms with Crippen LogP contribution >= 0.6 is 0 Å². The SMILES string of the molecule is c1ccc(-c2ccc(-c3cccc4ccccc34)cc2N(c2ccc(-c3cccc(-c4ccc5ccccc5c4)c3)cc2)c2ccc(-c3cccc4c3oc3ccccc34)cc2)cc1. The minimum absolute atomic E-state index is 0.899. The molecule has 0 spiro atoms. The summed E-state index contributed by atoms with van der Waals surface area (Å²) in [6.07, 6.45) is 0. The number of hydrogen-bond donors (Lipinski definition) is 0. The van der Waals surface area contributed by atoms with E-state index in [0.717, 1.165) is 72.4 Å². The van der Waals surface area contributed by atoms with Crippen LogP contribution in [-0.2, 0) is 0 Å². The molecule has 2 nitrogen and oxygen atoms in total. The summed E-state index contributed by atoms with van der Waals surface area (Å²) in [6.45, 7) is 0. The third-order valence-corrected chi connectivity index (χ3v) is 12.7. The topological polar surface area (TPSA) is 16.4 Å². The largest absolute Gasteiger partial charge is 0.455 e. The Balaban J connectivity index is 1.00. The van der Waals surface area contributed by atoms with Crippen LogP contribution in [0.5, 0.6) is 0 Å². The molecule has 0 fully saturated rings. The number of anilines is 3. The van der Waals surface area contributed by atoms with E-state index in [4.69, 9.17) is 4.42 Å². The molecule has 0 N–H and O–H groups in total. The average Bonchev–Trinajstić information content (AvgIpc) is 3.76. The molecule has 64 heavy (non-hydrogen) atoms. The van der Waals surface area contributed by atoms with Crippen molar-refractivity contribution in [2.24, 2.45) is 0 Å². The summed E-state index contributed by atoms with van der Waals surface area (Å²) in [5, 5.41) is 7.20. The zero-order valence-corrected chi connectivity index (χ0v) is 35.0. The first-order chi connectivity index (χ1) is 31.7. The Morgan fingerprint density at radius 3 is 1.61 bits per heavy atom. The fourth-order valence-electron chi connectivity index (χ4n) is 9.47. The molecular formula is C62H41NO. The van der Waals surface area contributed by atoms with Crippen molar-refractivity contribution in [1.82, 2.24) is 0 Å². The minimum Gasteiger partial charge on any atom is -0.455 e. The number of para-hydroxylation sites is 2. The molecule has 1 heterocycles. The second-order valence-electron chi connectivity index (χ2n) is 16.5. The Labute approximate surface area is 372 Å². The van der Waals surface area contributed by atoms with Gasteiger partial charge in [-0.15, -0.1) is 0 Å². The Hall–Kier alpha value is -8.46. The lowest BCUT2D eigenvalue weighted by molar-refractivity contribution is 0.670. The van der Waals surface area contributed by atoms with Crippen molar-refractivity contribution in [3.63, 3.8) is 0 Å². The van der Waals surface area contributed by atoms with Gasteiger partial charge in [-0.1, -0.05) is 200 Å². The second-order valence-corrected chi connectivity index (χ2v) is 16.5. The first-order valence-electron chi connectivity index (χ1n) is 21.9. The molecular weight excluding hydrogens is 775 g/mol. The molecule has 0 unspecified atom stereocenters. The van der Waals surface area contributed by atoms with E-state index in [2.05, 4.69) is 241 Å². The van der Waals surface area contributed by atoms with Crippen molar-refractivity contribution in [3.05, 3.63) is 249 Å². The molecule has 12 aromatic rings. The van der Waals surface area contributed by atoms with Crippen molar-refractivity contribution < 1.29 is 4.42 Å². The number of nitrogens with zero attached hydrogens (tertiary/aromatic N) is 1. The summed E-state index contributed by atoms with van der Waals surface area (Å²) in [4.78, 5) is 2.41. The maximum atomic E-state index is 6.49. The van der Waals surface area contributed by atoms with Gasteiger partial charge in [0.15, 0.2) is 0 Å². The molecule has 11 aromatic carbocycles. The van der Waals surface area contributed by atoms with Crippen LogP contribution in [0.4, 0.5) is 17.1 Å². The van der Waals surface area contributed by atoms with Gasteiger partial charge in [0.25, 0.3) is 0 Å². The lowest BCUT2D eigenvalue weighted by atomic mass is 9.94. The summed E-state index contributed by atoms with van der Waals surface area (Å²) in [7, 11) is 0. The Bertz CT molecular complexity index is 3650. The van der Waals surface area contributed by atoms with E-state index in [1.54, 1.807) is 0 Å². The highest BCUT2D eigenvalue weighted by atomic mass is 16.3. The standard InChI is InChI=1S/C62H41NO/c1-2-14-45(15-3-1)56-38-33-51(55-23-11-18-44-16-6-7-21-54(44)55)41-60(56)63(53-36-31-46(32-37-53)57-24-12-25-59-58-22-8-9-26-61(58)64-62(57)59)52-34-29-43(30-35-52)48-19-10-20-49(39-48)50-28-27-42-13-4-5-17-47(42)40-50/h1-41H. The maximum Gasteiger partial charge on any atom is 0.143 e. The summed E-state index contributed by atoms with van der Waals surface area (Å²) < 4.78 is 6.49. The highest BCUT2D eigenvalue weighted by molar-refractivity contribution is 6.09. The second kappa shape index (κ2) is 15.8. The van der Waals surface area contributed by atoms with Crippen molar-refractivity contribution in [2.75, 3.05) is 4.90 Å². The maximum absolute atomic E-state index is 6.49. The Kier molecular flexibility index (Phi) is 9.20. The van der Waals surface area contributed by atoms with Gasteiger partial charge >= 0.3 is 0 Å². The fourth-order valence-corrected chi connectivity index (χ4v) is 9.47. The molecule has 0 radical (unpaired) electrons. The van der Waals surface area contributed by atoms with E-state index in [1.807, 2.05) is 12.1 Å². The van der Waals surface area contributed by atoms with Crippen LogP contribution in [0.15, 0.2) is 253 Å². The summed E-state index contributed by atoms with van der Waals surface area (Å²) in [5.74, 6) is 0. The van der Waals surface area contributed by atoms with Crippen LogP contribution in [0.3, 0.4) is 0 Å². The van der Waals surface area contributed by atoms with Crippen molar-refractivity contribution >= 4 is 60.5 Å². The zero-order chi connectivity index (χ0) is 42.4. The van der Waals surface area contributed by atoms with Crippen molar-refractivity contribution in [1.29, 1.82) is 0 Å². The van der Waals surface area contributed by atoms with Gasteiger partial charge in [-0.2, -0.15) is 0 Å². The first kappa shape index (κ1) is 37.3. The van der Waals surface area contributed by atoms with Crippen molar-refractivity contribution in [3.8, 4) is 55.6 Å². The van der Waals surface area contributed by atoms with Gasteiger partial charge in [-0.25, -0.2) is 0 Å². The van der Waals surface area contributed by atoms with E-state index in [9.17, 15) is 0 Å². The quantitative estimate of drug-likeness (QED) is 0.152. The van der Waals surface area contributed by atoms with Gasteiger partial charge < -0.3 is 9.32 Å². The molecule has 0 bridgehead atoms. The molecule has 1 aromatic heterocycles. The number of fused-ring (bicyclic) bond motifs is 5. The van der Waals surface area contributed by atoms with Crippen LogP contribution in [0, 0.1) is 0 Å². The minimum atomic E-state index is 0.899. The lowest BCUT2D eigenvalue weighted by Crippen LogP contribution is -2.11. The van der Waals surface area contributed by atoms with Gasteiger partial charge in [0, 0.05) is 33.3 Å². The van der Waals surface area contributed by atoms with Gasteiger partial charge in [0.05, 0.1) is 5.69 Å². The van der Waals surface area contributed by atoms with Crippen LogP contribution in [-0.4, -0.2) is 0 Å². The van der Waals surface area contributed by atoms with Crippen LogP contribution in [0.1, 0.15) is 0 Å². The van der Waals surface area contributed by atoms with Gasteiger partial charge in [-0.05, 0) is 115 Å². The summed E-state index contributed by atoms with van der Waals surface area (Å²) >= 11 is 0. The zero-order valence-electron chi connectivity index (χ0n) is 35.0. The number of rotatable bonds is 8. The molecule has 0 saturated carbocycles. The third kappa shape index (κ3) is 6.70. The lowest BCUT2D eigenvalue weighted by Gasteiger charge is -2.29. The molecule has 300 valence electrons. The smallest absolute Gasteiger partial charge is 0.143 e. The first-order valence-corrected chi connectivity index (χ1v) is 21.9. The van der Waals surface area contributed by atoms with Crippen LogP contribution < -0.4 is 4.90 Å². The van der Waals surface area contributed by atoms with Crippen molar-refractivity contribution in [2.45, 2.75) is 0 Å². The van der Waals surface area contributed by atoms with E-state index >= 15 is 0 Å². The monoisotopic (exact) mass is 815 g/mol. The summed E-state index contributed by atoms with van der Waals surface area (Å²) in [6, 6.07) is 89.8. The Morgan fingerprint density at radius 1 is 0.266 bits per heavy atom. The van der Waals surface area contributed by atoms with Gasteiger partial charge in [0.2, 0.25) is 0 Å². The summed E-state index contributed by atoms with van der Waals surface area (Å²) in [5.41, 5.74) is 16.6. The predicted molar refractivity (Wildman–Crippen MR) is 271 cm³/mol.